The summed E-state index contributed by atoms with van der Waals surface area (Å²) in [6.07, 6.45) is -0.176. The lowest BCUT2D eigenvalue weighted by Gasteiger charge is -2.09. The quantitative estimate of drug-likeness (QED) is 0.633. The highest BCUT2D eigenvalue weighted by atomic mass is 35.5. The van der Waals surface area contributed by atoms with Crippen LogP contribution in [0.4, 0.5) is 0 Å². The molecule has 0 fully saturated rings. The number of rotatable bonds is 9. The van der Waals surface area contributed by atoms with Crippen LogP contribution in [0, 0.1) is 5.92 Å². The van der Waals surface area contributed by atoms with Gasteiger partial charge in [0.05, 0.1) is 11.3 Å². The van der Waals surface area contributed by atoms with E-state index < -0.39 is 21.9 Å². The number of carbonyl (C=O) groups is 2. The predicted octanol–water partition coefficient (Wildman–Crippen LogP) is 1.32. The Kier molecular flexibility index (Phi) is 8.17. The molecule has 1 rings (SSSR count). The van der Waals surface area contributed by atoms with Gasteiger partial charge in [0.1, 0.15) is 0 Å². The van der Waals surface area contributed by atoms with Crippen molar-refractivity contribution in [2.45, 2.75) is 25.2 Å². The number of halogens is 1. The Morgan fingerprint density at radius 3 is 2.42 bits per heavy atom. The smallest absolute Gasteiger partial charge is 0.307 e. The number of nitrogens with one attached hydrogen (secondary N) is 2. The summed E-state index contributed by atoms with van der Waals surface area (Å²) in [5, 5.41) is 3.03. The van der Waals surface area contributed by atoms with Gasteiger partial charge >= 0.3 is 5.97 Å². The zero-order chi connectivity index (χ0) is 18.2. The number of carbonyl (C=O) groups excluding carboxylic acids is 2. The minimum absolute atomic E-state index is 0.0494. The minimum Gasteiger partial charge on any atom is -0.456 e. The molecule has 2 N–H and O–H groups in total. The Hall–Kier alpha value is -1.64. The van der Waals surface area contributed by atoms with Gasteiger partial charge in [-0.15, -0.1) is 0 Å². The molecule has 1 aromatic rings. The first-order valence-electron chi connectivity index (χ1n) is 7.38. The first kappa shape index (κ1) is 20.4. The van der Waals surface area contributed by atoms with E-state index in [-0.39, 0.29) is 24.5 Å². The number of esters is 1. The van der Waals surface area contributed by atoms with E-state index in [9.17, 15) is 18.0 Å². The highest BCUT2D eigenvalue weighted by molar-refractivity contribution is 7.89. The average Bonchev–Trinajstić information content (AvgIpc) is 2.51. The molecule has 1 aromatic carbocycles. The van der Waals surface area contributed by atoms with Crippen molar-refractivity contribution in [2.24, 2.45) is 5.92 Å². The predicted molar refractivity (Wildman–Crippen MR) is 90.1 cm³/mol. The van der Waals surface area contributed by atoms with Crippen LogP contribution in [0.5, 0.6) is 0 Å². The first-order valence-corrected chi connectivity index (χ1v) is 9.24. The molecule has 0 radical (unpaired) electrons. The van der Waals surface area contributed by atoms with Crippen LogP contribution in [0.2, 0.25) is 5.02 Å². The van der Waals surface area contributed by atoms with Gasteiger partial charge in [0.2, 0.25) is 10.0 Å². The third-order valence-electron chi connectivity index (χ3n) is 2.82. The van der Waals surface area contributed by atoms with Gasteiger partial charge in [-0.05, 0) is 30.2 Å². The fourth-order valence-electron chi connectivity index (χ4n) is 1.57. The molecule has 0 spiro atoms. The van der Waals surface area contributed by atoms with Gasteiger partial charge in [-0.1, -0.05) is 25.4 Å². The SMILES string of the molecule is CC(C)CNC(=O)COC(=O)CCNS(=O)(=O)c1ccc(Cl)cc1. The van der Waals surface area contributed by atoms with Gasteiger partial charge in [-0.3, -0.25) is 9.59 Å². The largest absolute Gasteiger partial charge is 0.456 e. The lowest BCUT2D eigenvalue weighted by atomic mass is 10.2. The lowest BCUT2D eigenvalue weighted by molar-refractivity contribution is -0.148. The summed E-state index contributed by atoms with van der Waals surface area (Å²) in [6.45, 7) is 3.88. The Morgan fingerprint density at radius 2 is 1.83 bits per heavy atom. The van der Waals surface area contributed by atoms with Crippen molar-refractivity contribution in [3.8, 4) is 0 Å². The van der Waals surface area contributed by atoms with Gasteiger partial charge in [0.25, 0.3) is 5.91 Å². The van der Waals surface area contributed by atoms with E-state index in [4.69, 9.17) is 16.3 Å². The molecule has 24 heavy (non-hydrogen) atoms. The molecule has 7 nitrogen and oxygen atoms in total. The zero-order valence-corrected chi connectivity index (χ0v) is 15.1. The monoisotopic (exact) mass is 376 g/mol. The summed E-state index contributed by atoms with van der Waals surface area (Å²) >= 11 is 5.70. The molecule has 0 aliphatic heterocycles. The van der Waals surface area contributed by atoms with Crippen LogP contribution in [0.1, 0.15) is 20.3 Å². The molecule has 0 bridgehead atoms. The maximum absolute atomic E-state index is 12.0. The molecular formula is C15H21ClN2O5S. The standard InChI is InChI=1S/C15H21ClN2O5S/c1-11(2)9-17-14(19)10-23-15(20)7-8-18-24(21,22)13-5-3-12(16)4-6-13/h3-6,11,18H,7-10H2,1-2H3,(H,17,19). The molecule has 0 heterocycles. The lowest BCUT2D eigenvalue weighted by Crippen LogP contribution is -2.32. The second kappa shape index (κ2) is 9.61. The number of amides is 1. The van der Waals surface area contributed by atoms with E-state index in [1.165, 1.54) is 24.3 Å². The van der Waals surface area contributed by atoms with E-state index >= 15 is 0 Å². The van der Waals surface area contributed by atoms with Crippen LogP contribution < -0.4 is 10.0 Å². The minimum atomic E-state index is -3.72. The first-order chi connectivity index (χ1) is 11.2. The summed E-state index contributed by atoms with van der Waals surface area (Å²) < 4.78 is 31.0. The van der Waals surface area contributed by atoms with E-state index in [1.807, 2.05) is 13.8 Å². The summed E-state index contributed by atoms with van der Waals surface area (Å²) in [5.74, 6) is -0.751. The van der Waals surface area contributed by atoms with Crippen molar-refractivity contribution < 1.29 is 22.7 Å². The number of benzene rings is 1. The molecule has 134 valence electrons. The Morgan fingerprint density at radius 1 is 1.21 bits per heavy atom. The molecular weight excluding hydrogens is 356 g/mol. The van der Waals surface area contributed by atoms with E-state index in [0.717, 1.165) is 0 Å². The molecule has 1 amide bonds. The molecule has 0 aromatic heterocycles. The number of ether oxygens (including phenoxy) is 1. The van der Waals surface area contributed by atoms with E-state index in [2.05, 4.69) is 10.0 Å². The van der Waals surface area contributed by atoms with Gasteiger partial charge in [0.15, 0.2) is 6.61 Å². The van der Waals surface area contributed by atoms with Gasteiger partial charge in [-0.2, -0.15) is 0 Å². The van der Waals surface area contributed by atoms with E-state index in [0.29, 0.717) is 17.5 Å². The molecule has 9 heteroatoms. The summed E-state index contributed by atoms with van der Waals surface area (Å²) in [4.78, 5) is 22.9. The summed E-state index contributed by atoms with van der Waals surface area (Å²) in [7, 11) is -3.72. The third-order valence-corrected chi connectivity index (χ3v) is 4.55. The van der Waals surface area contributed by atoms with Crippen LogP contribution in [-0.2, 0) is 24.3 Å². The average molecular weight is 377 g/mol. The van der Waals surface area contributed by atoms with Crippen LogP contribution in [-0.4, -0.2) is 40.0 Å². The fraction of sp³-hybridized carbons (Fsp3) is 0.467. The summed E-state index contributed by atoms with van der Waals surface area (Å²) in [5.41, 5.74) is 0. The van der Waals surface area contributed by atoms with Gasteiger partial charge < -0.3 is 10.1 Å². The van der Waals surface area contributed by atoms with Crippen LogP contribution in [0.15, 0.2) is 29.2 Å². The third kappa shape index (κ3) is 7.76. The summed E-state index contributed by atoms with van der Waals surface area (Å²) in [6, 6.07) is 5.64. The molecule has 0 aliphatic rings. The Labute approximate surface area is 146 Å². The molecule has 0 aliphatic carbocycles. The molecule has 0 atom stereocenters. The van der Waals surface area contributed by atoms with Crippen molar-refractivity contribution >= 4 is 33.5 Å². The highest BCUT2D eigenvalue weighted by Gasteiger charge is 2.14. The van der Waals surface area contributed by atoms with Crippen LogP contribution in [0.3, 0.4) is 0 Å². The van der Waals surface area contributed by atoms with E-state index in [1.54, 1.807) is 0 Å². The fourth-order valence-corrected chi connectivity index (χ4v) is 2.73. The maximum atomic E-state index is 12.0. The Balaban J connectivity index is 2.32. The number of hydrogen-bond acceptors (Lipinski definition) is 5. The topological polar surface area (TPSA) is 102 Å². The van der Waals surface area contributed by atoms with Crippen molar-refractivity contribution in [2.75, 3.05) is 19.7 Å². The van der Waals surface area contributed by atoms with Crippen LogP contribution >= 0.6 is 11.6 Å². The molecule has 0 saturated carbocycles. The van der Waals surface area contributed by atoms with Crippen LogP contribution in [0.25, 0.3) is 0 Å². The second-order valence-electron chi connectivity index (χ2n) is 5.46. The normalized spacial score (nSPS) is 11.3. The van der Waals surface area contributed by atoms with Gasteiger partial charge in [-0.25, -0.2) is 13.1 Å². The Bertz CT molecular complexity index is 659. The molecule has 0 unspecified atom stereocenters. The number of sulfonamides is 1. The van der Waals surface area contributed by atoms with Gasteiger partial charge in [0, 0.05) is 18.1 Å². The highest BCUT2D eigenvalue weighted by Crippen LogP contribution is 2.13. The van der Waals surface area contributed by atoms with Crippen molar-refractivity contribution in [1.82, 2.24) is 10.0 Å². The maximum Gasteiger partial charge on any atom is 0.307 e. The van der Waals surface area contributed by atoms with Crippen molar-refractivity contribution in [3.63, 3.8) is 0 Å². The van der Waals surface area contributed by atoms with Crippen molar-refractivity contribution in [3.05, 3.63) is 29.3 Å². The van der Waals surface area contributed by atoms with Crippen molar-refractivity contribution in [1.29, 1.82) is 0 Å². The molecule has 0 saturated heterocycles. The zero-order valence-electron chi connectivity index (χ0n) is 13.5. The number of hydrogen-bond donors (Lipinski definition) is 2. The second-order valence-corrected chi connectivity index (χ2v) is 7.66.